The summed E-state index contributed by atoms with van der Waals surface area (Å²) >= 11 is 0. The Bertz CT molecular complexity index is 881. The highest BCUT2D eigenvalue weighted by molar-refractivity contribution is 6.74. The van der Waals surface area contributed by atoms with E-state index >= 15 is 0 Å². The molecule has 1 rings (SSSR count). The maximum absolute atomic E-state index is 13.4. The number of rotatable bonds is 17. The Kier molecular flexibility index (Phi) is 14.9. The zero-order valence-electron chi connectivity index (χ0n) is 28.5. The molecule has 0 N–H and O–H groups in total. The molecule has 0 radical (unpaired) electrons. The largest absolute Gasteiger partial charge is 0.469 e. The van der Waals surface area contributed by atoms with Crippen LogP contribution in [0.3, 0.4) is 0 Å². The van der Waals surface area contributed by atoms with Crippen LogP contribution in [0.1, 0.15) is 113 Å². The van der Waals surface area contributed by atoms with Gasteiger partial charge in [-0.15, -0.1) is 0 Å². The minimum atomic E-state index is -2.14. The third-order valence-corrected chi connectivity index (χ3v) is 18.6. The maximum atomic E-state index is 13.4. The van der Waals surface area contributed by atoms with Crippen LogP contribution < -0.4 is 0 Å². The number of Topliss-reactive ketones (excluding diaryl/α,β-unsaturated/α-hetero) is 2. The van der Waals surface area contributed by atoms with Gasteiger partial charge in [0.05, 0.1) is 19.3 Å². The van der Waals surface area contributed by atoms with Gasteiger partial charge in [0.1, 0.15) is 11.6 Å². The Labute approximate surface area is 254 Å². The average Bonchev–Trinajstić information content (AvgIpc) is 3.11. The van der Waals surface area contributed by atoms with Crippen molar-refractivity contribution in [3.05, 3.63) is 12.2 Å². The Hall–Kier alpha value is -1.10. The molecule has 41 heavy (non-hydrogen) atoms. The smallest absolute Gasteiger partial charge is 0.305 e. The third kappa shape index (κ3) is 12.2. The first kappa shape index (κ1) is 37.9. The molecule has 238 valence electrons. The van der Waals surface area contributed by atoms with E-state index in [-0.39, 0.29) is 58.1 Å². The summed E-state index contributed by atoms with van der Waals surface area (Å²) in [4.78, 5) is 37.8. The molecule has 1 aliphatic carbocycles. The molecule has 2 unspecified atom stereocenters. The van der Waals surface area contributed by atoms with Gasteiger partial charge in [-0.3, -0.25) is 14.4 Å². The molecule has 0 aliphatic heterocycles. The summed E-state index contributed by atoms with van der Waals surface area (Å²) in [6.07, 6.45) is 11.0. The first-order valence-electron chi connectivity index (χ1n) is 15.9. The van der Waals surface area contributed by atoms with Gasteiger partial charge in [-0.2, -0.15) is 0 Å². The lowest BCUT2D eigenvalue weighted by Gasteiger charge is -2.40. The van der Waals surface area contributed by atoms with Gasteiger partial charge in [0.15, 0.2) is 16.6 Å². The van der Waals surface area contributed by atoms with Crippen molar-refractivity contribution in [3.8, 4) is 0 Å². The van der Waals surface area contributed by atoms with Crippen LogP contribution >= 0.6 is 0 Å². The molecule has 1 aliphatic rings. The van der Waals surface area contributed by atoms with Gasteiger partial charge in [-0.25, -0.2) is 0 Å². The molecular weight excluding hydrogens is 549 g/mol. The zero-order valence-corrected chi connectivity index (χ0v) is 30.5. The van der Waals surface area contributed by atoms with Gasteiger partial charge in [0, 0.05) is 37.5 Å². The van der Waals surface area contributed by atoms with Gasteiger partial charge < -0.3 is 13.6 Å². The number of hydrogen-bond acceptors (Lipinski definition) is 6. The van der Waals surface area contributed by atoms with E-state index in [0.717, 1.165) is 25.7 Å². The predicted octanol–water partition coefficient (Wildman–Crippen LogP) is 8.80. The maximum Gasteiger partial charge on any atom is 0.305 e. The van der Waals surface area contributed by atoms with Gasteiger partial charge in [0.25, 0.3) is 0 Å². The fourth-order valence-corrected chi connectivity index (χ4v) is 7.44. The second-order valence-electron chi connectivity index (χ2n) is 15.1. The predicted molar refractivity (Wildman–Crippen MR) is 174 cm³/mol. The number of unbranched alkanes of at least 4 members (excludes halogenated alkanes) is 3. The topological polar surface area (TPSA) is 78.9 Å². The Morgan fingerprint density at radius 2 is 1.51 bits per heavy atom. The molecule has 0 aromatic carbocycles. The van der Waals surface area contributed by atoms with Gasteiger partial charge in [0.2, 0.25) is 0 Å². The highest BCUT2D eigenvalue weighted by atomic mass is 28.4. The highest BCUT2D eigenvalue weighted by Gasteiger charge is 2.47. The molecule has 0 heterocycles. The lowest BCUT2D eigenvalue weighted by Crippen LogP contribution is -2.45. The molecule has 1 saturated carbocycles. The van der Waals surface area contributed by atoms with Crippen LogP contribution in [0.15, 0.2) is 12.2 Å². The minimum Gasteiger partial charge on any atom is -0.469 e. The SMILES string of the molecule is CCCCCC(/C=C/[C@H]1C(O[Si](C)(C)C(C)(C)C)CC(=O)[C@@H]1CC(=O)CCCCC(=O)OC)O[Si](C)(C)C(C)(C)C. The summed E-state index contributed by atoms with van der Waals surface area (Å²) in [5.74, 6) is -0.575. The van der Waals surface area contributed by atoms with E-state index in [1.807, 2.05) is 0 Å². The van der Waals surface area contributed by atoms with Crippen molar-refractivity contribution in [2.24, 2.45) is 11.8 Å². The Balaban J connectivity index is 3.23. The van der Waals surface area contributed by atoms with Crippen molar-refractivity contribution in [2.45, 2.75) is 161 Å². The summed E-state index contributed by atoms with van der Waals surface area (Å²) < 4.78 is 18.4. The standard InChI is InChI=1S/C33H62O6Si2/c1-13-14-15-19-26(38-40(9,10)32(2,3)4)21-22-27-28(23-25(34)18-16-17-20-31(36)37-8)29(35)24-30(27)39-41(11,12)33(5,6)7/h21-22,26-28,30H,13-20,23-24H2,1-12H3/b22-21+/t26?,27-,28-,30?/m1/s1. The van der Waals surface area contributed by atoms with Crippen LogP contribution in [0, 0.1) is 11.8 Å². The van der Waals surface area contributed by atoms with Crippen molar-refractivity contribution in [1.29, 1.82) is 0 Å². The molecule has 8 heteroatoms. The molecule has 0 bridgehead atoms. The molecule has 0 spiro atoms. The lowest BCUT2D eigenvalue weighted by molar-refractivity contribution is -0.140. The summed E-state index contributed by atoms with van der Waals surface area (Å²) in [5, 5.41) is 0.121. The van der Waals surface area contributed by atoms with E-state index in [1.54, 1.807) is 0 Å². The molecule has 0 amide bonds. The number of ketones is 2. The van der Waals surface area contributed by atoms with E-state index in [9.17, 15) is 14.4 Å². The van der Waals surface area contributed by atoms with Crippen LogP contribution in [0.2, 0.25) is 36.3 Å². The normalized spacial score (nSPS) is 21.5. The highest BCUT2D eigenvalue weighted by Crippen LogP contribution is 2.43. The van der Waals surface area contributed by atoms with Crippen LogP contribution in [0.5, 0.6) is 0 Å². The average molecular weight is 611 g/mol. The van der Waals surface area contributed by atoms with Crippen LogP contribution in [-0.4, -0.2) is 53.5 Å². The quantitative estimate of drug-likeness (QED) is 0.0709. The van der Waals surface area contributed by atoms with Crippen LogP contribution in [0.4, 0.5) is 0 Å². The van der Waals surface area contributed by atoms with E-state index in [1.165, 1.54) is 7.11 Å². The summed E-state index contributed by atoms with van der Waals surface area (Å²) in [7, 11) is -2.76. The van der Waals surface area contributed by atoms with Crippen LogP contribution in [-0.2, 0) is 28.0 Å². The molecule has 1 fully saturated rings. The van der Waals surface area contributed by atoms with E-state index in [2.05, 4.69) is 86.8 Å². The van der Waals surface area contributed by atoms with E-state index < -0.39 is 16.6 Å². The van der Waals surface area contributed by atoms with Crippen molar-refractivity contribution >= 4 is 34.2 Å². The minimum absolute atomic E-state index is 0.0126. The second kappa shape index (κ2) is 16.1. The molecule has 0 saturated heterocycles. The number of carbonyl (C=O) groups excluding carboxylic acids is 3. The zero-order chi connectivity index (χ0) is 31.6. The first-order valence-corrected chi connectivity index (χ1v) is 21.7. The number of hydrogen-bond donors (Lipinski definition) is 0. The number of ether oxygens (including phenoxy) is 1. The van der Waals surface area contributed by atoms with Gasteiger partial charge >= 0.3 is 5.97 Å². The molecule has 6 nitrogen and oxygen atoms in total. The van der Waals surface area contributed by atoms with Crippen molar-refractivity contribution in [3.63, 3.8) is 0 Å². The molecular formula is C33H62O6Si2. The first-order chi connectivity index (χ1) is 18.8. The van der Waals surface area contributed by atoms with Gasteiger partial charge in [-0.05, 0) is 55.5 Å². The van der Waals surface area contributed by atoms with Gasteiger partial charge in [-0.1, -0.05) is 79.9 Å². The monoisotopic (exact) mass is 610 g/mol. The summed E-state index contributed by atoms with van der Waals surface area (Å²) in [6, 6.07) is 0. The van der Waals surface area contributed by atoms with E-state index in [0.29, 0.717) is 32.1 Å². The molecule has 0 aromatic rings. The number of esters is 1. The van der Waals surface area contributed by atoms with Crippen molar-refractivity contribution in [1.82, 2.24) is 0 Å². The van der Waals surface area contributed by atoms with Crippen molar-refractivity contribution in [2.75, 3.05) is 7.11 Å². The number of carbonyl (C=O) groups is 3. The lowest BCUT2D eigenvalue weighted by atomic mass is 9.88. The van der Waals surface area contributed by atoms with Crippen LogP contribution in [0.25, 0.3) is 0 Å². The fourth-order valence-electron chi connectivity index (χ4n) is 4.78. The van der Waals surface area contributed by atoms with Crippen molar-refractivity contribution < 1.29 is 28.0 Å². The number of methoxy groups -OCH3 is 1. The molecule has 4 atom stereocenters. The fraction of sp³-hybridized carbons (Fsp3) is 0.848. The molecule has 0 aromatic heterocycles. The third-order valence-electron chi connectivity index (χ3n) is 9.62. The Morgan fingerprint density at radius 3 is 2.05 bits per heavy atom. The second-order valence-corrected chi connectivity index (χ2v) is 24.6. The summed E-state index contributed by atoms with van der Waals surface area (Å²) in [5.41, 5.74) is 0. The Morgan fingerprint density at radius 1 is 0.927 bits per heavy atom. The summed E-state index contributed by atoms with van der Waals surface area (Å²) in [6.45, 7) is 24.7. The van der Waals surface area contributed by atoms with E-state index in [4.69, 9.17) is 13.6 Å².